The van der Waals surface area contributed by atoms with Gasteiger partial charge in [-0.2, -0.15) is 0 Å². The molecule has 0 aromatic heterocycles. The predicted molar refractivity (Wildman–Crippen MR) is 63.7 cm³/mol. The molecule has 2 N–H and O–H groups in total. The van der Waals surface area contributed by atoms with Crippen molar-refractivity contribution in [3.05, 3.63) is 29.8 Å². The molecule has 0 amide bonds. The van der Waals surface area contributed by atoms with E-state index < -0.39 is 0 Å². The van der Waals surface area contributed by atoms with Gasteiger partial charge >= 0.3 is 0 Å². The van der Waals surface area contributed by atoms with E-state index in [0.717, 1.165) is 38.4 Å². The van der Waals surface area contributed by atoms with Gasteiger partial charge in [-0.1, -0.05) is 18.2 Å². The van der Waals surface area contributed by atoms with E-state index in [2.05, 4.69) is 23.1 Å². The van der Waals surface area contributed by atoms with Crippen LogP contribution < -0.4 is 10.5 Å². The lowest BCUT2D eigenvalue weighted by atomic mass is 9.91. The minimum atomic E-state index is 0.398. The Balaban J connectivity index is 1.72. The number of likely N-dealkylation sites (tertiary alicyclic amines) is 1. The van der Waals surface area contributed by atoms with E-state index >= 15 is 0 Å². The summed E-state index contributed by atoms with van der Waals surface area (Å²) in [4.78, 5) is 2.44. The number of nitrogens with zero attached hydrogens (tertiary/aromatic N) is 1. The van der Waals surface area contributed by atoms with Crippen LogP contribution in [0.15, 0.2) is 24.3 Å². The Morgan fingerprint density at radius 3 is 2.94 bits per heavy atom. The zero-order valence-corrected chi connectivity index (χ0v) is 9.43. The van der Waals surface area contributed by atoms with Crippen molar-refractivity contribution >= 4 is 0 Å². The summed E-state index contributed by atoms with van der Waals surface area (Å²) in [6.45, 7) is 4.09. The van der Waals surface area contributed by atoms with Crippen LogP contribution in [0.5, 0.6) is 5.75 Å². The van der Waals surface area contributed by atoms with Crippen molar-refractivity contribution < 1.29 is 4.74 Å². The number of hydrogen-bond acceptors (Lipinski definition) is 3. The van der Waals surface area contributed by atoms with Crippen molar-refractivity contribution in [1.82, 2.24) is 4.90 Å². The summed E-state index contributed by atoms with van der Waals surface area (Å²) < 4.78 is 5.66. The average molecular weight is 218 g/mol. The third kappa shape index (κ3) is 1.81. The van der Waals surface area contributed by atoms with Crippen LogP contribution in [-0.4, -0.2) is 37.2 Å². The highest BCUT2D eigenvalue weighted by Gasteiger charge is 2.28. The molecule has 1 fully saturated rings. The van der Waals surface area contributed by atoms with E-state index in [1.165, 1.54) is 5.56 Å². The molecule has 1 atom stereocenters. The molecule has 3 nitrogen and oxygen atoms in total. The fourth-order valence-corrected chi connectivity index (χ4v) is 2.68. The Labute approximate surface area is 96.2 Å². The van der Waals surface area contributed by atoms with Gasteiger partial charge < -0.3 is 10.5 Å². The fraction of sp³-hybridized carbons (Fsp3) is 0.538. The van der Waals surface area contributed by atoms with Crippen molar-refractivity contribution in [2.24, 2.45) is 5.73 Å². The molecule has 1 aromatic rings. The molecule has 1 aromatic carbocycles. The maximum absolute atomic E-state index is 5.80. The van der Waals surface area contributed by atoms with Gasteiger partial charge in [0.25, 0.3) is 0 Å². The van der Waals surface area contributed by atoms with Crippen LogP contribution in [0.2, 0.25) is 0 Å². The van der Waals surface area contributed by atoms with Crippen LogP contribution in [0.4, 0.5) is 0 Å². The van der Waals surface area contributed by atoms with Gasteiger partial charge in [-0.3, -0.25) is 4.90 Å². The first-order chi connectivity index (χ1) is 7.83. The monoisotopic (exact) mass is 218 g/mol. The van der Waals surface area contributed by atoms with E-state index in [1.807, 2.05) is 6.07 Å². The molecule has 0 saturated carbocycles. The van der Waals surface area contributed by atoms with Gasteiger partial charge in [-0.05, 0) is 18.1 Å². The topological polar surface area (TPSA) is 38.5 Å². The van der Waals surface area contributed by atoms with Crippen LogP contribution in [0.25, 0.3) is 0 Å². The van der Waals surface area contributed by atoms with Crippen LogP contribution in [0.1, 0.15) is 17.9 Å². The molecule has 86 valence electrons. The Morgan fingerprint density at radius 2 is 2.12 bits per heavy atom. The van der Waals surface area contributed by atoms with Gasteiger partial charge in [0.05, 0.1) is 6.61 Å². The van der Waals surface area contributed by atoms with Crippen LogP contribution in [0.3, 0.4) is 0 Å². The highest BCUT2D eigenvalue weighted by atomic mass is 16.5. The van der Waals surface area contributed by atoms with Crippen molar-refractivity contribution in [1.29, 1.82) is 0 Å². The molecule has 3 rings (SSSR count). The highest BCUT2D eigenvalue weighted by Crippen LogP contribution is 2.34. The molecule has 1 saturated heterocycles. The van der Waals surface area contributed by atoms with E-state index in [0.29, 0.717) is 12.0 Å². The number of hydrogen-bond donors (Lipinski definition) is 1. The number of fused-ring (bicyclic) bond motifs is 1. The second-order valence-corrected chi connectivity index (χ2v) is 4.85. The first kappa shape index (κ1) is 10.1. The number of nitrogens with two attached hydrogens (primary N) is 1. The maximum Gasteiger partial charge on any atom is 0.122 e. The average Bonchev–Trinajstić information content (AvgIpc) is 2.27. The van der Waals surface area contributed by atoms with Gasteiger partial charge in [-0.25, -0.2) is 0 Å². The lowest BCUT2D eigenvalue weighted by Gasteiger charge is -2.40. The number of ether oxygens (including phenoxy) is 1. The zero-order chi connectivity index (χ0) is 11.0. The number of benzene rings is 1. The fourth-order valence-electron chi connectivity index (χ4n) is 2.68. The standard InChI is InChI=1S/C13H18N2O/c14-11-8-15(9-11)7-10-5-6-16-13-4-2-1-3-12(10)13/h1-4,10-11H,5-9,14H2. The van der Waals surface area contributed by atoms with E-state index in [4.69, 9.17) is 10.5 Å². The third-order valence-electron chi connectivity index (χ3n) is 3.55. The van der Waals surface area contributed by atoms with E-state index in [-0.39, 0.29) is 0 Å². The summed E-state index contributed by atoms with van der Waals surface area (Å²) in [7, 11) is 0. The Morgan fingerprint density at radius 1 is 1.31 bits per heavy atom. The summed E-state index contributed by atoms with van der Waals surface area (Å²) in [5, 5.41) is 0. The van der Waals surface area contributed by atoms with Crippen molar-refractivity contribution in [3.8, 4) is 5.75 Å². The van der Waals surface area contributed by atoms with Crippen LogP contribution >= 0.6 is 0 Å². The molecule has 0 aliphatic carbocycles. The van der Waals surface area contributed by atoms with Crippen LogP contribution in [0, 0.1) is 0 Å². The molecule has 2 aliphatic rings. The van der Waals surface area contributed by atoms with Crippen molar-refractivity contribution in [2.75, 3.05) is 26.2 Å². The largest absolute Gasteiger partial charge is 0.493 e. The predicted octanol–water partition coefficient (Wildman–Crippen LogP) is 1.20. The van der Waals surface area contributed by atoms with Crippen LogP contribution in [-0.2, 0) is 0 Å². The number of rotatable bonds is 2. The second-order valence-electron chi connectivity index (χ2n) is 4.85. The van der Waals surface area contributed by atoms with Gasteiger partial charge in [0.2, 0.25) is 0 Å². The molecule has 0 radical (unpaired) electrons. The normalized spacial score (nSPS) is 25.7. The summed E-state index contributed by atoms with van der Waals surface area (Å²) in [5.41, 5.74) is 7.17. The molecule has 0 bridgehead atoms. The third-order valence-corrected chi connectivity index (χ3v) is 3.55. The molecule has 0 spiro atoms. The summed E-state index contributed by atoms with van der Waals surface area (Å²) in [6, 6.07) is 8.81. The SMILES string of the molecule is NC1CN(CC2CCOc3ccccc32)C1. The second kappa shape index (κ2) is 4.07. The number of para-hydroxylation sites is 1. The summed E-state index contributed by atoms with van der Waals surface area (Å²) in [6.07, 6.45) is 1.13. The highest BCUT2D eigenvalue weighted by molar-refractivity contribution is 5.38. The van der Waals surface area contributed by atoms with E-state index in [9.17, 15) is 0 Å². The minimum Gasteiger partial charge on any atom is -0.493 e. The van der Waals surface area contributed by atoms with Crippen molar-refractivity contribution in [3.63, 3.8) is 0 Å². The molecule has 1 unspecified atom stereocenters. The summed E-state index contributed by atoms with van der Waals surface area (Å²) in [5.74, 6) is 1.70. The van der Waals surface area contributed by atoms with Gasteiger partial charge in [0.15, 0.2) is 0 Å². The first-order valence-electron chi connectivity index (χ1n) is 6.02. The summed E-state index contributed by atoms with van der Waals surface area (Å²) >= 11 is 0. The minimum absolute atomic E-state index is 0.398. The van der Waals surface area contributed by atoms with Crippen molar-refractivity contribution in [2.45, 2.75) is 18.4 Å². The van der Waals surface area contributed by atoms with Gasteiger partial charge in [-0.15, -0.1) is 0 Å². The quantitative estimate of drug-likeness (QED) is 0.810. The van der Waals surface area contributed by atoms with Gasteiger partial charge in [0.1, 0.15) is 5.75 Å². The molecule has 2 aliphatic heterocycles. The molecule has 3 heteroatoms. The Kier molecular flexibility index (Phi) is 2.58. The van der Waals surface area contributed by atoms with E-state index in [1.54, 1.807) is 0 Å². The molecule has 2 heterocycles. The maximum atomic E-state index is 5.80. The lowest BCUT2D eigenvalue weighted by Crippen LogP contribution is -2.56. The first-order valence-corrected chi connectivity index (χ1v) is 6.02. The van der Waals surface area contributed by atoms with Gasteiger partial charge in [0, 0.05) is 31.6 Å². The smallest absolute Gasteiger partial charge is 0.122 e. The Hall–Kier alpha value is -1.06. The molecular weight excluding hydrogens is 200 g/mol. The molecule has 16 heavy (non-hydrogen) atoms. The Bertz CT molecular complexity index is 374. The zero-order valence-electron chi connectivity index (χ0n) is 9.43. The molecular formula is C13H18N2O. The lowest BCUT2D eigenvalue weighted by molar-refractivity contribution is 0.129.